The number of nitrogen functional groups attached to an aromatic ring is 1. The SMILES string of the molecule is CC(C)(O)Cn1c(N)nc2c(Cl)nc3ccccc3c21. The van der Waals surface area contributed by atoms with Gasteiger partial charge in [-0.1, -0.05) is 29.8 Å². The zero-order valence-corrected chi connectivity index (χ0v) is 12.0. The van der Waals surface area contributed by atoms with E-state index in [0.29, 0.717) is 23.2 Å². The molecule has 0 atom stereocenters. The summed E-state index contributed by atoms with van der Waals surface area (Å²) in [6, 6.07) is 7.66. The van der Waals surface area contributed by atoms with E-state index in [1.54, 1.807) is 18.4 Å². The van der Waals surface area contributed by atoms with Crippen LogP contribution in [0.25, 0.3) is 21.9 Å². The average Bonchev–Trinajstić information content (AvgIpc) is 2.66. The van der Waals surface area contributed by atoms with Crippen molar-refractivity contribution in [3.05, 3.63) is 29.4 Å². The molecule has 1 aromatic carbocycles. The Bertz CT molecular complexity index is 804. The van der Waals surface area contributed by atoms with E-state index < -0.39 is 5.60 Å². The Labute approximate surface area is 121 Å². The van der Waals surface area contributed by atoms with Crippen LogP contribution in [0.15, 0.2) is 24.3 Å². The molecule has 3 aromatic rings. The second-order valence-electron chi connectivity index (χ2n) is 5.49. The van der Waals surface area contributed by atoms with Crippen molar-refractivity contribution in [2.24, 2.45) is 0 Å². The fraction of sp³-hybridized carbons (Fsp3) is 0.286. The summed E-state index contributed by atoms with van der Waals surface area (Å²) >= 11 is 6.19. The number of imidazole rings is 1. The molecule has 0 fully saturated rings. The van der Waals surface area contributed by atoms with Gasteiger partial charge in [-0.25, -0.2) is 9.97 Å². The highest BCUT2D eigenvalue weighted by molar-refractivity contribution is 6.35. The van der Waals surface area contributed by atoms with Gasteiger partial charge in [0.25, 0.3) is 0 Å². The summed E-state index contributed by atoms with van der Waals surface area (Å²) in [7, 11) is 0. The normalized spacial score (nSPS) is 12.4. The van der Waals surface area contributed by atoms with E-state index >= 15 is 0 Å². The lowest BCUT2D eigenvalue weighted by Gasteiger charge is -2.19. The van der Waals surface area contributed by atoms with Crippen LogP contribution in [0.3, 0.4) is 0 Å². The minimum atomic E-state index is -0.904. The van der Waals surface area contributed by atoms with E-state index in [9.17, 15) is 5.11 Å². The Kier molecular flexibility index (Phi) is 2.84. The van der Waals surface area contributed by atoms with E-state index in [4.69, 9.17) is 17.3 Å². The zero-order chi connectivity index (χ0) is 14.5. The van der Waals surface area contributed by atoms with Gasteiger partial charge < -0.3 is 15.4 Å². The predicted octanol–water partition coefficient (Wildman–Crippen LogP) is 2.59. The number of aromatic nitrogens is 3. The van der Waals surface area contributed by atoms with Crippen LogP contribution in [0.5, 0.6) is 0 Å². The summed E-state index contributed by atoms with van der Waals surface area (Å²) in [5, 5.41) is 11.3. The first kappa shape index (κ1) is 13.1. The second-order valence-corrected chi connectivity index (χ2v) is 5.84. The zero-order valence-electron chi connectivity index (χ0n) is 11.3. The molecule has 0 radical (unpaired) electrons. The minimum absolute atomic E-state index is 0.319. The largest absolute Gasteiger partial charge is 0.389 e. The molecular formula is C14H15ClN4O. The van der Waals surface area contributed by atoms with Crippen LogP contribution in [0.1, 0.15) is 13.8 Å². The molecule has 0 aliphatic heterocycles. The molecule has 0 unspecified atom stereocenters. The number of anilines is 1. The van der Waals surface area contributed by atoms with Crippen molar-refractivity contribution in [2.75, 3.05) is 5.73 Å². The molecule has 3 N–H and O–H groups in total. The van der Waals surface area contributed by atoms with E-state index in [1.165, 1.54) is 0 Å². The van der Waals surface area contributed by atoms with Gasteiger partial charge in [-0.3, -0.25) is 0 Å². The number of hydrogen-bond donors (Lipinski definition) is 2. The van der Waals surface area contributed by atoms with Crippen LogP contribution in [-0.4, -0.2) is 25.2 Å². The number of hydrogen-bond acceptors (Lipinski definition) is 4. The first-order valence-electron chi connectivity index (χ1n) is 6.29. The minimum Gasteiger partial charge on any atom is -0.389 e. The van der Waals surface area contributed by atoms with Crippen molar-refractivity contribution >= 4 is 39.5 Å². The Hall–Kier alpha value is -1.85. The third-order valence-corrected chi connectivity index (χ3v) is 3.38. The summed E-state index contributed by atoms with van der Waals surface area (Å²) in [5.74, 6) is 0.321. The maximum atomic E-state index is 10.1. The lowest BCUT2D eigenvalue weighted by Crippen LogP contribution is -2.26. The summed E-state index contributed by atoms with van der Waals surface area (Å²) < 4.78 is 1.78. The number of benzene rings is 1. The molecule has 2 aromatic heterocycles. The summed E-state index contributed by atoms with van der Waals surface area (Å²) in [6.07, 6.45) is 0. The van der Waals surface area contributed by atoms with Gasteiger partial charge in [0, 0.05) is 5.39 Å². The number of rotatable bonds is 2. The van der Waals surface area contributed by atoms with Crippen molar-refractivity contribution in [3.63, 3.8) is 0 Å². The Morgan fingerprint density at radius 3 is 2.70 bits per heavy atom. The molecule has 104 valence electrons. The predicted molar refractivity (Wildman–Crippen MR) is 80.8 cm³/mol. The van der Waals surface area contributed by atoms with Crippen molar-refractivity contribution < 1.29 is 5.11 Å². The van der Waals surface area contributed by atoms with Crippen LogP contribution in [-0.2, 0) is 6.54 Å². The highest BCUT2D eigenvalue weighted by Crippen LogP contribution is 2.31. The van der Waals surface area contributed by atoms with Crippen LogP contribution in [0.4, 0.5) is 5.95 Å². The molecule has 0 saturated carbocycles. The molecule has 2 heterocycles. The summed E-state index contributed by atoms with van der Waals surface area (Å²) in [5.41, 5.74) is 7.22. The quantitative estimate of drug-likeness (QED) is 0.711. The number of pyridine rings is 1. The molecular weight excluding hydrogens is 276 g/mol. The van der Waals surface area contributed by atoms with E-state index in [-0.39, 0.29) is 0 Å². The molecule has 0 aliphatic rings. The van der Waals surface area contributed by atoms with E-state index in [1.807, 2.05) is 24.3 Å². The van der Waals surface area contributed by atoms with Gasteiger partial charge >= 0.3 is 0 Å². The van der Waals surface area contributed by atoms with Gasteiger partial charge in [-0.05, 0) is 19.9 Å². The molecule has 0 saturated heterocycles. The Morgan fingerprint density at radius 1 is 1.30 bits per heavy atom. The highest BCUT2D eigenvalue weighted by atomic mass is 35.5. The van der Waals surface area contributed by atoms with Crippen LogP contribution in [0, 0.1) is 0 Å². The molecule has 0 bridgehead atoms. The second kappa shape index (κ2) is 4.33. The van der Waals surface area contributed by atoms with Gasteiger partial charge in [-0.2, -0.15) is 0 Å². The fourth-order valence-corrected chi connectivity index (χ4v) is 2.59. The van der Waals surface area contributed by atoms with Crippen molar-refractivity contribution in [2.45, 2.75) is 26.0 Å². The third-order valence-electron chi connectivity index (χ3n) is 3.12. The molecule has 0 spiro atoms. The maximum Gasteiger partial charge on any atom is 0.201 e. The third kappa shape index (κ3) is 2.09. The summed E-state index contributed by atoms with van der Waals surface area (Å²) in [6.45, 7) is 3.78. The molecule has 0 aliphatic carbocycles. The highest BCUT2D eigenvalue weighted by Gasteiger charge is 2.21. The number of aliphatic hydroxyl groups is 1. The monoisotopic (exact) mass is 290 g/mol. The summed E-state index contributed by atoms with van der Waals surface area (Å²) in [4.78, 5) is 8.61. The van der Waals surface area contributed by atoms with Crippen LogP contribution in [0.2, 0.25) is 5.15 Å². The fourth-order valence-electron chi connectivity index (χ4n) is 2.36. The Balaban J connectivity index is 2.42. The van der Waals surface area contributed by atoms with Gasteiger partial charge in [0.1, 0.15) is 5.52 Å². The number of nitrogens with zero attached hydrogens (tertiary/aromatic N) is 3. The Morgan fingerprint density at radius 2 is 2.00 bits per heavy atom. The number of halogens is 1. The number of para-hydroxylation sites is 1. The van der Waals surface area contributed by atoms with Crippen LogP contribution >= 0.6 is 11.6 Å². The maximum absolute atomic E-state index is 10.1. The number of nitrogens with two attached hydrogens (primary N) is 1. The molecule has 5 nitrogen and oxygen atoms in total. The van der Waals surface area contributed by atoms with Gasteiger partial charge in [0.05, 0.1) is 23.2 Å². The van der Waals surface area contributed by atoms with Crippen molar-refractivity contribution in [1.82, 2.24) is 14.5 Å². The standard InChI is InChI=1S/C14H15ClN4O/c1-14(2,20)7-19-11-8-5-3-4-6-9(8)17-12(15)10(11)18-13(19)16/h3-6,20H,7H2,1-2H3,(H2,16,18). The van der Waals surface area contributed by atoms with Crippen molar-refractivity contribution in [1.29, 1.82) is 0 Å². The molecule has 0 amide bonds. The van der Waals surface area contributed by atoms with Gasteiger partial charge in [0.2, 0.25) is 5.95 Å². The average molecular weight is 291 g/mol. The van der Waals surface area contributed by atoms with Crippen LogP contribution < -0.4 is 5.73 Å². The lowest BCUT2D eigenvalue weighted by molar-refractivity contribution is 0.0633. The first-order chi connectivity index (χ1) is 9.37. The smallest absolute Gasteiger partial charge is 0.201 e. The van der Waals surface area contributed by atoms with Gasteiger partial charge in [0.15, 0.2) is 5.15 Å². The topological polar surface area (TPSA) is 77.0 Å². The van der Waals surface area contributed by atoms with E-state index in [0.717, 1.165) is 16.4 Å². The van der Waals surface area contributed by atoms with Gasteiger partial charge in [-0.15, -0.1) is 0 Å². The number of fused-ring (bicyclic) bond motifs is 3. The molecule has 20 heavy (non-hydrogen) atoms. The van der Waals surface area contributed by atoms with E-state index in [2.05, 4.69) is 9.97 Å². The molecule has 6 heteroatoms. The van der Waals surface area contributed by atoms with Crippen molar-refractivity contribution in [3.8, 4) is 0 Å². The molecule has 3 rings (SSSR count). The lowest BCUT2D eigenvalue weighted by atomic mass is 10.1. The first-order valence-corrected chi connectivity index (χ1v) is 6.67.